The molecule has 7 heteroatoms. The van der Waals surface area contributed by atoms with Gasteiger partial charge in [0.25, 0.3) is 0 Å². The Morgan fingerprint density at radius 1 is 1.15 bits per heavy atom. The largest absolute Gasteiger partial charge is 0.481 e. The van der Waals surface area contributed by atoms with Crippen LogP contribution in [0, 0.1) is 5.92 Å². The Morgan fingerprint density at radius 2 is 1.93 bits per heavy atom. The molecule has 0 spiro atoms. The summed E-state index contributed by atoms with van der Waals surface area (Å²) in [6.45, 7) is 2.07. The average Bonchev–Trinajstić information content (AvgIpc) is 3.24. The molecule has 1 atom stereocenters. The first-order chi connectivity index (χ1) is 13.3. The Bertz CT molecular complexity index is 778. The number of aromatic nitrogens is 2. The number of anilines is 1. The third-order valence-electron chi connectivity index (χ3n) is 5.26. The van der Waals surface area contributed by atoms with E-state index in [1.807, 2.05) is 18.2 Å². The van der Waals surface area contributed by atoms with Gasteiger partial charge in [-0.2, -0.15) is 4.98 Å². The number of carbonyl (C=O) groups is 1. The second-order valence-electron chi connectivity index (χ2n) is 6.87. The number of hydrogen-bond donors (Lipinski definition) is 0. The number of piperidine rings is 1. The molecule has 1 amide bonds. The van der Waals surface area contributed by atoms with E-state index in [2.05, 4.69) is 27.0 Å². The zero-order valence-electron chi connectivity index (χ0n) is 15.5. The molecule has 2 aromatic rings. The third-order valence-corrected chi connectivity index (χ3v) is 5.26. The van der Waals surface area contributed by atoms with Crippen molar-refractivity contribution in [2.45, 2.75) is 25.3 Å². The second kappa shape index (κ2) is 7.92. The van der Waals surface area contributed by atoms with Gasteiger partial charge in [0.2, 0.25) is 17.7 Å². The van der Waals surface area contributed by atoms with Crippen LogP contribution < -0.4 is 9.64 Å². The lowest BCUT2D eigenvalue weighted by Gasteiger charge is -2.34. The van der Waals surface area contributed by atoms with Gasteiger partial charge in [0.05, 0.1) is 19.8 Å². The van der Waals surface area contributed by atoms with Gasteiger partial charge in [0, 0.05) is 37.7 Å². The van der Waals surface area contributed by atoms with Crippen LogP contribution in [0.2, 0.25) is 0 Å². The van der Waals surface area contributed by atoms with Crippen LogP contribution in [0.3, 0.4) is 0 Å². The summed E-state index contributed by atoms with van der Waals surface area (Å²) in [7, 11) is 1.59. The summed E-state index contributed by atoms with van der Waals surface area (Å²) < 4.78 is 5.17. The molecule has 2 saturated heterocycles. The van der Waals surface area contributed by atoms with Crippen molar-refractivity contribution in [2.75, 3.05) is 31.7 Å². The van der Waals surface area contributed by atoms with Gasteiger partial charge >= 0.3 is 0 Å². The molecule has 0 N–H and O–H groups in total. The summed E-state index contributed by atoms with van der Waals surface area (Å²) in [6.07, 6.45) is 4.06. The molecule has 142 valence electrons. The van der Waals surface area contributed by atoms with Crippen LogP contribution in [0.15, 0.2) is 42.6 Å². The molecule has 7 nitrogen and oxygen atoms in total. The first-order valence-electron chi connectivity index (χ1n) is 9.39. The number of nitrogens with zero attached hydrogens (tertiary/aromatic N) is 4. The first-order valence-corrected chi connectivity index (χ1v) is 9.39. The molecule has 2 fully saturated rings. The number of ether oxygens (including phenoxy) is 1. The van der Waals surface area contributed by atoms with Crippen molar-refractivity contribution in [3.63, 3.8) is 0 Å². The predicted octanol–water partition coefficient (Wildman–Crippen LogP) is 2.61. The van der Waals surface area contributed by atoms with Gasteiger partial charge in [-0.15, -0.1) is 0 Å². The van der Waals surface area contributed by atoms with Gasteiger partial charge in [-0.25, -0.2) is 10.0 Å². The van der Waals surface area contributed by atoms with Crippen LogP contribution >= 0.6 is 0 Å². The summed E-state index contributed by atoms with van der Waals surface area (Å²) in [6, 6.07) is 11.9. The van der Waals surface area contributed by atoms with E-state index in [0.717, 1.165) is 37.9 Å². The topological polar surface area (TPSA) is 67.8 Å². The minimum Gasteiger partial charge on any atom is -0.481 e. The molecule has 2 aliphatic heterocycles. The lowest BCUT2D eigenvalue weighted by molar-refractivity contribution is -0.182. The average molecular weight is 368 g/mol. The maximum absolute atomic E-state index is 13.1. The number of hydrogen-bond acceptors (Lipinski definition) is 6. The lowest BCUT2D eigenvalue weighted by Crippen LogP contribution is -2.42. The minimum absolute atomic E-state index is 0.0125. The maximum atomic E-state index is 13.1. The molecule has 2 aliphatic rings. The summed E-state index contributed by atoms with van der Waals surface area (Å²) in [5.41, 5.74) is 1.13. The Balaban J connectivity index is 1.39. The highest BCUT2D eigenvalue weighted by atomic mass is 16.7. The summed E-state index contributed by atoms with van der Waals surface area (Å²) in [4.78, 5) is 29.6. The molecular weight excluding hydrogens is 344 g/mol. The normalized spacial score (nSPS) is 20.7. The molecule has 0 saturated carbocycles. The van der Waals surface area contributed by atoms with Crippen LogP contribution in [0.5, 0.6) is 5.88 Å². The maximum Gasteiger partial charge on any atom is 0.249 e. The quantitative estimate of drug-likeness (QED) is 0.826. The summed E-state index contributed by atoms with van der Waals surface area (Å²) >= 11 is 0. The molecule has 0 bridgehead atoms. The number of hydroxylamine groups is 2. The van der Waals surface area contributed by atoms with E-state index >= 15 is 0 Å². The number of carbonyl (C=O) groups excluding carboxylic acids is 1. The molecule has 4 rings (SSSR count). The van der Waals surface area contributed by atoms with Gasteiger partial charge in [0.1, 0.15) is 0 Å². The van der Waals surface area contributed by atoms with Crippen LogP contribution in [0.1, 0.15) is 30.9 Å². The fraction of sp³-hybridized carbons (Fsp3) is 0.450. The predicted molar refractivity (Wildman–Crippen MR) is 100 cm³/mol. The van der Waals surface area contributed by atoms with Crippen molar-refractivity contribution in [3.05, 3.63) is 48.2 Å². The second-order valence-corrected chi connectivity index (χ2v) is 6.87. The molecule has 1 aromatic heterocycles. The van der Waals surface area contributed by atoms with Crippen molar-refractivity contribution in [3.8, 4) is 5.88 Å². The van der Waals surface area contributed by atoms with Crippen molar-refractivity contribution >= 4 is 11.9 Å². The van der Waals surface area contributed by atoms with Crippen LogP contribution in [-0.2, 0) is 9.63 Å². The van der Waals surface area contributed by atoms with Crippen LogP contribution in [-0.4, -0.2) is 47.7 Å². The summed E-state index contributed by atoms with van der Waals surface area (Å²) in [5.74, 6) is 1.26. The van der Waals surface area contributed by atoms with Gasteiger partial charge < -0.3 is 9.64 Å². The van der Waals surface area contributed by atoms with Crippen molar-refractivity contribution in [2.24, 2.45) is 5.92 Å². The third kappa shape index (κ3) is 3.73. The highest BCUT2D eigenvalue weighted by Gasteiger charge is 2.37. The van der Waals surface area contributed by atoms with Gasteiger partial charge in [0.15, 0.2) is 0 Å². The van der Waals surface area contributed by atoms with Crippen molar-refractivity contribution < 1.29 is 14.4 Å². The number of benzene rings is 1. The zero-order valence-corrected chi connectivity index (χ0v) is 15.5. The zero-order chi connectivity index (χ0) is 18.6. The standard InChI is InChI=1S/C20H24N4O3/c1-26-18-7-11-21-20(22-18)23-12-8-16(9-13-23)19(25)24-17(10-14-27-24)15-5-3-2-4-6-15/h2-7,11,16-17H,8-10,12-14H2,1H3/t17-/m0/s1. The fourth-order valence-corrected chi connectivity index (χ4v) is 3.77. The fourth-order valence-electron chi connectivity index (χ4n) is 3.77. The molecular formula is C20H24N4O3. The van der Waals surface area contributed by atoms with E-state index in [1.165, 1.54) is 0 Å². The van der Waals surface area contributed by atoms with Crippen molar-refractivity contribution in [1.82, 2.24) is 15.0 Å². The molecule has 0 unspecified atom stereocenters. The van der Waals surface area contributed by atoms with E-state index in [4.69, 9.17) is 9.57 Å². The number of amides is 1. The Morgan fingerprint density at radius 3 is 2.67 bits per heavy atom. The van der Waals surface area contributed by atoms with Crippen LogP contribution in [0.25, 0.3) is 0 Å². The SMILES string of the molecule is COc1ccnc(N2CCC(C(=O)N3OCC[C@H]3c3ccccc3)CC2)n1. The van der Waals surface area contributed by atoms with Crippen LogP contribution in [0.4, 0.5) is 5.95 Å². The van der Waals surface area contributed by atoms with E-state index in [9.17, 15) is 4.79 Å². The highest BCUT2D eigenvalue weighted by Crippen LogP contribution is 2.33. The smallest absolute Gasteiger partial charge is 0.249 e. The van der Waals surface area contributed by atoms with Gasteiger partial charge in [-0.05, 0) is 18.4 Å². The molecule has 3 heterocycles. The number of rotatable bonds is 4. The highest BCUT2D eigenvalue weighted by molar-refractivity contribution is 5.79. The van der Waals surface area contributed by atoms with E-state index < -0.39 is 0 Å². The Hall–Kier alpha value is -2.67. The summed E-state index contributed by atoms with van der Waals surface area (Å²) in [5, 5.41) is 1.61. The van der Waals surface area contributed by atoms with E-state index in [1.54, 1.807) is 24.4 Å². The van der Waals surface area contributed by atoms with Gasteiger partial charge in [-0.3, -0.25) is 9.63 Å². The lowest BCUT2D eigenvalue weighted by atomic mass is 9.94. The van der Waals surface area contributed by atoms with Gasteiger partial charge in [-0.1, -0.05) is 30.3 Å². The minimum atomic E-state index is -0.0313. The molecule has 27 heavy (non-hydrogen) atoms. The van der Waals surface area contributed by atoms with E-state index in [-0.39, 0.29) is 17.9 Å². The Kier molecular flexibility index (Phi) is 5.20. The first kappa shape index (κ1) is 17.7. The number of methoxy groups -OCH3 is 1. The monoisotopic (exact) mass is 368 g/mol. The van der Waals surface area contributed by atoms with E-state index in [0.29, 0.717) is 18.4 Å². The van der Waals surface area contributed by atoms with Crippen molar-refractivity contribution in [1.29, 1.82) is 0 Å². The molecule has 0 radical (unpaired) electrons. The molecule has 1 aromatic carbocycles. The molecule has 0 aliphatic carbocycles. The Labute approximate surface area is 158 Å².